The van der Waals surface area contributed by atoms with E-state index in [4.69, 9.17) is 4.74 Å². The van der Waals surface area contributed by atoms with Crippen LogP contribution in [0, 0.1) is 13.8 Å². The van der Waals surface area contributed by atoms with Gasteiger partial charge in [-0.2, -0.15) is 0 Å². The van der Waals surface area contributed by atoms with E-state index in [0.29, 0.717) is 12.4 Å². The fourth-order valence-electron chi connectivity index (χ4n) is 1.67. The summed E-state index contributed by atoms with van der Waals surface area (Å²) in [5, 5.41) is 10.9. The molecular formula is C16H19NO2S. The molecule has 0 fully saturated rings. The number of thioether (sulfide) groups is 1. The van der Waals surface area contributed by atoms with Crippen LogP contribution in [0.5, 0.6) is 5.75 Å². The second kappa shape index (κ2) is 7.31. The lowest BCUT2D eigenvalue weighted by molar-refractivity contribution is 0.126. The van der Waals surface area contributed by atoms with Crippen molar-refractivity contribution in [2.75, 3.05) is 12.4 Å². The molecule has 1 aromatic carbocycles. The van der Waals surface area contributed by atoms with Crippen LogP contribution in [0.2, 0.25) is 0 Å². The van der Waals surface area contributed by atoms with Gasteiger partial charge in [0.1, 0.15) is 12.4 Å². The summed E-state index contributed by atoms with van der Waals surface area (Å²) in [4.78, 5) is 4.29. The molecule has 1 atom stereocenters. The molecule has 3 nitrogen and oxygen atoms in total. The minimum absolute atomic E-state index is 0.295. The molecule has 1 N–H and O–H groups in total. The van der Waals surface area contributed by atoms with E-state index in [1.165, 1.54) is 11.8 Å². The number of benzene rings is 1. The zero-order chi connectivity index (χ0) is 14.4. The third kappa shape index (κ3) is 4.54. The van der Waals surface area contributed by atoms with Crippen molar-refractivity contribution in [3.8, 4) is 5.75 Å². The smallest absolute Gasteiger partial charge is 0.122 e. The molecule has 0 bridgehead atoms. The van der Waals surface area contributed by atoms with Crippen LogP contribution in [0.3, 0.4) is 0 Å². The number of aromatic nitrogens is 1. The highest BCUT2D eigenvalue weighted by molar-refractivity contribution is 7.99. The quantitative estimate of drug-likeness (QED) is 0.829. The molecule has 20 heavy (non-hydrogen) atoms. The van der Waals surface area contributed by atoms with Crippen molar-refractivity contribution in [3.63, 3.8) is 0 Å². The van der Waals surface area contributed by atoms with E-state index in [0.717, 1.165) is 21.9 Å². The van der Waals surface area contributed by atoms with Crippen molar-refractivity contribution in [2.45, 2.75) is 25.0 Å². The van der Waals surface area contributed by atoms with Gasteiger partial charge in [-0.1, -0.05) is 24.3 Å². The highest BCUT2D eigenvalue weighted by Gasteiger charge is 2.08. The monoisotopic (exact) mass is 289 g/mol. The number of aliphatic hydroxyl groups is 1. The van der Waals surface area contributed by atoms with Gasteiger partial charge in [-0.15, -0.1) is 11.8 Å². The number of aryl methyl sites for hydroxylation is 2. The van der Waals surface area contributed by atoms with Gasteiger partial charge in [-0.25, -0.2) is 4.98 Å². The van der Waals surface area contributed by atoms with Crippen molar-refractivity contribution in [3.05, 3.63) is 53.7 Å². The lowest BCUT2D eigenvalue weighted by Gasteiger charge is -2.13. The van der Waals surface area contributed by atoms with E-state index in [1.807, 2.05) is 56.4 Å². The second-order valence-corrected chi connectivity index (χ2v) is 5.76. The van der Waals surface area contributed by atoms with Gasteiger partial charge in [0, 0.05) is 11.9 Å². The molecular weight excluding hydrogens is 270 g/mol. The minimum atomic E-state index is -0.511. The summed E-state index contributed by atoms with van der Waals surface area (Å²) in [6, 6.07) is 11.8. The Morgan fingerprint density at radius 3 is 2.70 bits per heavy atom. The Hall–Kier alpha value is -1.52. The van der Waals surface area contributed by atoms with Gasteiger partial charge < -0.3 is 9.84 Å². The third-order valence-electron chi connectivity index (χ3n) is 2.83. The first-order valence-corrected chi connectivity index (χ1v) is 7.55. The highest BCUT2D eigenvalue weighted by Crippen LogP contribution is 2.19. The zero-order valence-corrected chi connectivity index (χ0v) is 12.6. The highest BCUT2D eigenvalue weighted by atomic mass is 32.2. The number of hydrogen-bond acceptors (Lipinski definition) is 4. The molecule has 0 saturated heterocycles. The molecule has 0 spiro atoms. The molecule has 2 aromatic rings. The number of para-hydroxylation sites is 1. The van der Waals surface area contributed by atoms with Crippen molar-refractivity contribution >= 4 is 11.8 Å². The van der Waals surface area contributed by atoms with Crippen molar-refractivity contribution in [2.24, 2.45) is 0 Å². The van der Waals surface area contributed by atoms with E-state index in [1.54, 1.807) is 0 Å². The number of hydrogen-bond donors (Lipinski definition) is 1. The standard InChI is InChI=1S/C16H19NO2S/c1-12-7-8-16(17-9-12)20-11-14(18)10-19-15-6-4-3-5-13(15)2/h3-9,14,18H,10-11H2,1-2H3. The van der Waals surface area contributed by atoms with Crippen LogP contribution in [-0.4, -0.2) is 28.6 Å². The van der Waals surface area contributed by atoms with E-state index >= 15 is 0 Å². The normalized spacial score (nSPS) is 12.2. The minimum Gasteiger partial charge on any atom is -0.491 e. The number of ether oxygens (including phenoxy) is 1. The van der Waals surface area contributed by atoms with Gasteiger partial charge in [0.05, 0.1) is 11.1 Å². The van der Waals surface area contributed by atoms with Crippen molar-refractivity contribution < 1.29 is 9.84 Å². The predicted molar refractivity (Wildman–Crippen MR) is 82.4 cm³/mol. The van der Waals surface area contributed by atoms with Crippen LogP contribution in [0.15, 0.2) is 47.6 Å². The fourth-order valence-corrected chi connectivity index (χ4v) is 2.42. The second-order valence-electron chi connectivity index (χ2n) is 4.72. The molecule has 0 aliphatic heterocycles. The first-order chi connectivity index (χ1) is 9.65. The summed E-state index contributed by atoms with van der Waals surface area (Å²) in [5.41, 5.74) is 2.21. The summed E-state index contributed by atoms with van der Waals surface area (Å²) in [6.45, 7) is 4.29. The Balaban J connectivity index is 1.77. The molecule has 0 saturated carbocycles. The maximum Gasteiger partial charge on any atom is 0.122 e. The van der Waals surface area contributed by atoms with Crippen LogP contribution in [0.1, 0.15) is 11.1 Å². The average Bonchev–Trinajstić information content (AvgIpc) is 2.46. The Morgan fingerprint density at radius 2 is 2.00 bits per heavy atom. The lowest BCUT2D eigenvalue weighted by atomic mass is 10.2. The van der Waals surface area contributed by atoms with Gasteiger partial charge in [0.15, 0.2) is 0 Å². The maximum absolute atomic E-state index is 9.94. The molecule has 106 valence electrons. The van der Waals surface area contributed by atoms with Crippen molar-refractivity contribution in [1.82, 2.24) is 4.98 Å². The summed E-state index contributed by atoms with van der Waals surface area (Å²) < 4.78 is 5.62. The number of rotatable bonds is 6. The van der Waals surface area contributed by atoms with E-state index < -0.39 is 6.10 Å². The lowest BCUT2D eigenvalue weighted by Crippen LogP contribution is -2.20. The topological polar surface area (TPSA) is 42.4 Å². The molecule has 0 amide bonds. The fraction of sp³-hybridized carbons (Fsp3) is 0.312. The maximum atomic E-state index is 9.94. The third-order valence-corrected chi connectivity index (χ3v) is 3.92. The molecule has 1 unspecified atom stereocenters. The summed E-state index contributed by atoms with van der Waals surface area (Å²) >= 11 is 1.54. The van der Waals surface area contributed by atoms with E-state index in [2.05, 4.69) is 4.98 Å². The molecule has 0 aliphatic rings. The predicted octanol–water partition coefficient (Wildman–Crippen LogP) is 3.23. The van der Waals surface area contributed by atoms with Gasteiger partial charge in [-0.3, -0.25) is 0 Å². The number of aliphatic hydroxyl groups excluding tert-OH is 1. The average molecular weight is 289 g/mol. The van der Waals surface area contributed by atoms with Crippen molar-refractivity contribution in [1.29, 1.82) is 0 Å². The first-order valence-electron chi connectivity index (χ1n) is 6.57. The molecule has 2 rings (SSSR count). The van der Waals surface area contributed by atoms with E-state index in [9.17, 15) is 5.11 Å². The molecule has 0 radical (unpaired) electrons. The SMILES string of the molecule is Cc1ccc(SCC(O)COc2ccccc2C)nc1. The van der Waals surface area contributed by atoms with Crippen LogP contribution in [-0.2, 0) is 0 Å². The van der Waals surface area contributed by atoms with Gasteiger partial charge in [0.25, 0.3) is 0 Å². The molecule has 4 heteroatoms. The van der Waals surface area contributed by atoms with Crippen LogP contribution in [0.4, 0.5) is 0 Å². The van der Waals surface area contributed by atoms with Gasteiger partial charge >= 0.3 is 0 Å². The molecule has 1 aromatic heterocycles. The number of nitrogens with zero attached hydrogens (tertiary/aromatic N) is 1. The molecule has 0 aliphatic carbocycles. The van der Waals surface area contributed by atoms with Crippen LogP contribution < -0.4 is 4.74 Å². The largest absolute Gasteiger partial charge is 0.491 e. The van der Waals surface area contributed by atoms with Gasteiger partial charge in [0.2, 0.25) is 0 Å². The Kier molecular flexibility index (Phi) is 5.44. The van der Waals surface area contributed by atoms with E-state index in [-0.39, 0.29) is 0 Å². The molecule has 1 heterocycles. The number of pyridine rings is 1. The summed E-state index contributed by atoms with van der Waals surface area (Å²) in [7, 11) is 0. The Bertz CT molecular complexity index is 542. The first kappa shape index (κ1) is 14.9. The summed E-state index contributed by atoms with van der Waals surface area (Å²) in [5.74, 6) is 1.40. The van der Waals surface area contributed by atoms with Gasteiger partial charge in [-0.05, 0) is 37.1 Å². The van der Waals surface area contributed by atoms with Crippen LogP contribution in [0.25, 0.3) is 0 Å². The summed E-state index contributed by atoms with van der Waals surface area (Å²) in [6.07, 6.45) is 1.32. The Labute approximate surface area is 124 Å². The Morgan fingerprint density at radius 1 is 1.20 bits per heavy atom. The van der Waals surface area contributed by atoms with Crippen LogP contribution >= 0.6 is 11.8 Å². The zero-order valence-electron chi connectivity index (χ0n) is 11.7.